The molecular formula is C17H14O5S. The van der Waals surface area contributed by atoms with Crippen LogP contribution in [0.3, 0.4) is 0 Å². The summed E-state index contributed by atoms with van der Waals surface area (Å²) in [5.41, 5.74) is 1.70. The van der Waals surface area contributed by atoms with Crippen LogP contribution in [0.2, 0.25) is 0 Å². The number of carboxylic acids is 1. The first-order valence-electron chi connectivity index (χ1n) is 6.97. The van der Waals surface area contributed by atoms with Gasteiger partial charge in [-0.3, -0.25) is 0 Å². The van der Waals surface area contributed by atoms with Crippen LogP contribution in [0.4, 0.5) is 0 Å². The van der Waals surface area contributed by atoms with Crippen LogP contribution in [0.5, 0.6) is 5.75 Å². The molecule has 1 N–H and O–H groups in total. The van der Waals surface area contributed by atoms with E-state index in [0.717, 1.165) is 21.4 Å². The Morgan fingerprint density at radius 1 is 1.26 bits per heavy atom. The van der Waals surface area contributed by atoms with Gasteiger partial charge in [0, 0.05) is 28.0 Å². The highest BCUT2D eigenvalue weighted by Gasteiger charge is 2.15. The van der Waals surface area contributed by atoms with E-state index in [-0.39, 0.29) is 0 Å². The summed E-state index contributed by atoms with van der Waals surface area (Å²) in [6, 6.07) is 8.42. The van der Waals surface area contributed by atoms with Crippen molar-refractivity contribution in [3.63, 3.8) is 0 Å². The summed E-state index contributed by atoms with van der Waals surface area (Å²) in [6.45, 7) is 3.43. The Hall–Kier alpha value is -2.60. The molecule has 23 heavy (non-hydrogen) atoms. The van der Waals surface area contributed by atoms with E-state index in [2.05, 4.69) is 0 Å². The number of rotatable bonds is 4. The predicted molar refractivity (Wildman–Crippen MR) is 88.3 cm³/mol. The minimum Gasteiger partial charge on any atom is -0.479 e. The largest absolute Gasteiger partial charge is 0.479 e. The van der Waals surface area contributed by atoms with E-state index in [1.165, 1.54) is 13.0 Å². The third-order valence-electron chi connectivity index (χ3n) is 3.53. The minimum atomic E-state index is -1.06. The number of thiophene rings is 1. The molecule has 0 radical (unpaired) electrons. The van der Waals surface area contributed by atoms with Gasteiger partial charge in [-0.2, -0.15) is 0 Å². The Morgan fingerprint density at radius 2 is 2.04 bits per heavy atom. The Morgan fingerprint density at radius 3 is 2.70 bits per heavy atom. The van der Waals surface area contributed by atoms with Crippen LogP contribution in [0.25, 0.3) is 22.1 Å². The molecule has 0 aliphatic carbocycles. The minimum absolute atomic E-state index is 0.342. The summed E-state index contributed by atoms with van der Waals surface area (Å²) in [5.74, 6) is -0.719. The molecule has 1 atom stereocenters. The molecule has 6 heteroatoms. The molecule has 0 saturated carbocycles. The van der Waals surface area contributed by atoms with E-state index >= 15 is 0 Å². The molecule has 0 saturated heterocycles. The molecule has 0 aliphatic rings. The Kier molecular flexibility index (Phi) is 3.92. The van der Waals surface area contributed by atoms with E-state index in [9.17, 15) is 9.59 Å². The van der Waals surface area contributed by atoms with Gasteiger partial charge in [0.15, 0.2) is 6.10 Å². The van der Waals surface area contributed by atoms with Gasteiger partial charge in [-0.05, 0) is 43.0 Å². The van der Waals surface area contributed by atoms with Crippen molar-refractivity contribution >= 4 is 28.3 Å². The van der Waals surface area contributed by atoms with E-state index in [1.54, 1.807) is 29.5 Å². The number of ether oxygens (including phenoxy) is 1. The molecule has 0 fully saturated rings. The fourth-order valence-electron chi connectivity index (χ4n) is 2.36. The smallest absolute Gasteiger partial charge is 0.344 e. The molecule has 118 valence electrons. The van der Waals surface area contributed by atoms with Gasteiger partial charge in [0.1, 0.15) is 11.3 Å². The number of aliphatic carboxylic acids is 1. The maximum absolute atomic E-state index is 11.9. The lowest BCUT2D eigenvalue weighted by Crippen LogP contribution is -2.22. The second kappa shape index (κ2) is 5.89. The zero-order valence-electron chi connectivity index (χ0n) is 12.5. The molecule has 1 aromatic carbocycles. The number of hydrogen-bond acceptors (Lipinski definition) is 5. The molecule has 5 nitrogen and oxygen atoms in total. The molecule has 1 unspecified atom stereocenters. The quantitative estimate of drug-likeness (QED) is 0.738. The summed E-state index contributed by atoms with van der Waals surface area (Å²) in [5, 5.41) is 11.7. The lowest BCUT2D eigenvalue weighted by molar-refractivity contribution is -0.144. The van der Waals surface area contributed by atoms with Crippen LogP contribution in [0, 0.1) is 6.92 Å². The van der Waals surface area contributed by atoms with E-state index < -0.39 is 17.7 Å². The third kappa shape index (κ3) is 2.98. The molecular weight excluding hydrogens is 316 g/mol. The van der Waals surface area contributed by atoms with Crippen molar-refractivity contribution in [1.82, 2.24) is 0 Å². The number of aryl methyl sites for hydroxylation is 1. The first-order valence-corrected chi connectivity index (χ1v) is 7.85. The van der Waals surface area contributed by atoms with Crippen molar-refractivity contribution in [3.05, 3.63) is 51.0 Å². The third-order valence-corrected chi connectivity index (χ3v) is 4.37. The molecule has 3 rings (SSSR count). The lowest BCUT2D eigenvalue weighted by Gasteiger charge is -2.11. The molecule has 0 bridgehead atoms. The van der Waals surface area contributed by atoms with Crippen molar-refractivity contribution in [2.75, 3.05) is 0 Å². The van der Waals surface area contributed by atoms with Crippen LogP contribution in [-0.4, -0.2) is 17.2 Å². The molecule has 3 aromatic rings. The highest BCUT2D eigenvalue weighted by atomic mass is 32.1. The van der Waals surface area contributed by atoms with Crippen molar-refractivity contribution in [2.45, 2.75) is 20.0 Å². The Labute approximate surface area is 135 Å². The molecule has 0 amide bonds. The van der Waals surface area contributed by atoms with E-state index in [4.69, 9.17) is 14.3 Å². The van der Waals surface area contributed by atoms with Crippen LogP contribution in [0.15, 0.2) is 44.9 Å². The highest BCUT2D eigenvalue weighted by molar-refractivity contribution is 7.10. The van der Waals surface area contributed by atoms with Gasteiger partial charge in [0.05, 0.1) is 0 Å². The molecule has 0 aliphatic heterocycles. The normalized spacial score (nSPS) is 12.3. The Bertz CT molecular complexity index is 938. The van der Waals surface area contributed by atoms with Gasteiger partial charge in [-0.25, -0.2) is 9.59 Å². The molecule has 2 aromatic heterocycles. The van der Waals surface area contributed by atoms with Gasteiger partial charge in [0.2, 0.25) is 0 Å². The lowest BCUT2D eigenvalue weighted by atomic mass is 10.0. The number of hydrogen-bond donors (Lipinski definition) is 1. The zero-order valence-corrected chi connectivity index (χ0v) is 13.3. The van der Waals surface area contributed by atoms with Crippen LogP contribution >= 0.6 is 11.3 Å². The van der Waals surface area contributed by atoms with Gasteiger partial charge in [-0.1, -0.05) is 0 Å². The average molecular weight is 330 g/mol. The summed E-state index contributed by atoms with van der Waals surface area (Å²) < 4.78 is 10.6. The number of benzene rings is 1. The molecule has 0 spiro atoms. The SMILES string of the molecule is Cc1sccc1-c1cc(=O)oc2cc(OC(C)C(=O)O)ccc12. The predicted octanol–water partition coefficient (Wildman–Crippen LogP) is 3.68. The van der Waals surface area contributed by atoms with Gasteiger partial charge in [0.25, 0.3) is 0 Å². The summed E-state index contributed by atoms with van der Waals surface area (Å²) in [7, 11) is 0. The fraction of sp³-hybridized carbons (Fsp3) is 0.176. The van der Waals surface area contributed by atoms with Crippen LogP contribution < -0.4 is 10.4 Å². The van der Waals surface area contributed by atoms with Gasteiger partial charge < -0.3 is 14.3 Å². The number of fused-ring (bicyclic) bond motifs is 1. The van der Waals surface area contributed by atoms with Crippen molar-refractivity contribution in [1.29, 1.82) is 0 Å². The first kappa shape index (κ1) is 15.3. The fourth-order valence-corrected chi connectivity index (χ4v) is 3.07. The zero-order chi connectivity index (χ0) is 16.6. The molecule has 2 heterocycles. The summed E-state index contributed by atoms with van der Waals surface area (Å²) in [6.07, 6.45) is -0.985. The Balaban J connectivity index is 2.13. The van der Waals surface area contributed by atoms with Crippen LogP contribution in [-0.2, 0) is 4.79 Å². The van der Waals surface area contributed by atoms with Crippen molar-refractivity contribution < 1.29 is 19.1 Å². The summed E-state index contributed by atoms with van der Waals surface area (Å²) >= 11 is 1.61. The van der Waals surface area contributed by atoms with Gasteiger partial charge in [-0.15, -0.1) is 11.3 Å². The number of carbonyl (C=O) groups is 1. The number of carboxylic acid groups (broad SMARTS) is 1. The highest BCUT2D eigenvalue weighted by Crippen LogP contribution is 2.33. The van der Waals surface area contributed by atoms with Crippen molar-refractivity contribution in [3.8, 4) is 16.9 Å². The second-order valence-corrected chi connectivity index (χ2v) is 6.25. The van der Waals surface area contributed by atoms with E-state index in [0.29, 0.717) is 11.3 Å². The van der Waals surface area contributed by atoms with Gasteiger partial charge >= 0.3 is 11.6 Å². The maximum atomic E-state index is 11.9. The average Bonchev–Trinajstić information content (AvgIpc) is 2.91. The second-order valence-electron chi connectivity index (χ2n) is 5.13. The van der Waals surface area contributed by atoms with E-state index in [1.807, 2.05) is 18.4 Å². The monoisotopic (exact) mass is 330 g/mol. The topological polar surface area (TPSA) is 76.7 Å². The summed E-state index contributed by atoms with van der Waals surface area (Å²) in [4.78, 5) is 23.8. The first-order chi connectivity index (χ1) is 11.0. The standard InChI is InChI=1S/C17H14O5S/c1-9(17(19)20)21-11-3-4-13-14(12-5-6-23-10(12)2)8-16(18)22-15(13)7-11/h3-9H,1-2H3,(H,19,20). The van der Waals surface area contributed by atoms with Crippen LogP contribution in [0.1, 0.15) is 11.8 Å². The maximum Gasteiger partial charge on any atom is 0.344 e. The van der Waals surface area contributed by atoms with Crippen molar-refractivity contribution in [2.24, 2.45) is 0 Å².